The third-order valence-electron chi connectivity index (χ3n) is 13.0. The zero-order valence-electron chi connectivity index (χ0n) is 38.9. The second kappa shape index (κ2) is 22.8. The fraction of sp³-hybridized carbons (Fsp3) is 0.804. The maximum atomic E-state index is 14.6. The van der Waals surface area contributed by atoms with Gasteiger partial charge in [-0.25, -0.2) is 0 Å². The molecule has 3 heterocycles. The van der Waals surface area contributed by atoms with Gasteiger partial charge in [-0.3, -0.25) is 14.4 Å². The number of likely N-dealkylation sites (N-methyl/N-ethyl adjacent to an activating group) is 1. The number of rotatable bonds is 14. The maximum absolute atomic E-state index is 14.6. The first-order chi connectivity index (χ1) is 28.7. The van der Waals surface area contributed by atoms with Crippen LogP contribution in [0.15, 0.2) is 30.3 Å². The molecule has 0 aromatic heterocycles. The summed E-state index contributed by atoms with van der Waals surface area (Å²) < 4.78 is 39.2. The lowest BCUT2D eigenvalue weighted by molar-refractivity contribution is -0.320. The molecule has 0 radical (unpaired) electrons. The molecule has 15 heteroatoms. The Hall–Kier alpha value is -2.73. The molecule has 15 atom stereocenters. The van der Waals surface area contributed by atoms with Gasteiger partial charge in [0.15, 0.2) is 12.6 Å². The van der Waals surface area contributed by atoms with Gasteiger partial charge in [-0.1, -0.05) is 58.0 Å². The fourth-order valence-corrected chi connectivity index (χ4v) is 9.46. The van der Waals surface area contributed by atoms with Crippen LogP contribution in [0.2, 0.25) is 0 Å². The Kier molecular flexibility index (Phi) is 19.0. The Bertz CT molecular complexity index is 1540. The second-order valence-electron chi connectivity index (χ2n) is 18.8. The van der Waals surface area contributed by atoms with Gasteiger partial charge in [0.1, 0.15) is 12.2 Å². The molecule has 1 aromatic carbocycles. The molecule has 3 amide bonds. The van der Waals surface area contributed by atoms with Crippen molar-refractivity contribution in [2.24, 2.45) is 17.8 Å². The van der Waals surface area contributed by atoms with E-state index in [1.54, 1.807) is 39.6 Å². The minimum absolute atomic E-state index is 0.0282. The topological polar surface area (TPSA) is 178 Å². The molecule has 0 bridgehead atoms. The predicted molar refractivity (Wildman–Crippen MR) is 231 cm³/mol. The molecule has 0 saturated carbocycles. The van der Waals surface area contributed by atoms with Gasteiger partial charge >= 0.3 is 0 Å². The molecule has 0 spiro atoms. The molecule has 4 N–H and O–H groups in total. The second-order valence-corrected chi connectivity index (χ2v) is 18.8. The van der Waals surface area contributed by atoms with Crippen molar-refractivity contribution in [2.75, 3.05) is 47.9 Å². The van der Waals surface area contributed by atoms with Crippen molar-refractivity contribution in [3.05, 3.63) is 35.9 Å². The summed E-state index contributed by atoms with van der Waals surface area (Å²) in [7, 11) is 7.28. The lowest BCUT2D eigenvalue weighted by Crippen LogP contribution is -2.61. The van der Waals surface area contributed by atoms with Crippen LogP contribution in [0.25, 0.3) is 0 Å². The largest absolute Gasteiger partial charge is 0.387 e. The van der Waals surface area contributed by atoms with E-state index in [-0.39, 0.29) is 55.0 Å². The Balaban J connectivity index is 1.78. The Morgan fingerprint density at radius 3 is 2.36 bits per heavy atom. The standard InChI is InChI=1S/C46H78N4O11/c1-13-36(51)47-20-17-21-57-40-35(49(9)10)22-29(3)58-44(40)61-42-30(4)39(60-38-26-46(8,56-12)41(53)32(6)59-38)31(5)43(54)48-34(23-33-18-15-14-16-19-33)24-37(52)50(11)27-28(2)25-45(42,7)55/h14-16,18-19,28-32,34-35,38-42,44,53,55H,13,17,20-27H2,1-12H3,(H,47,51)(H,48,54)/t28-,29-,30+,31?,32+,34+,35+,38+,39+,40-,41+,42-,44+,45-,46-/m1/s1. The summed E-state index contributed by atoms with van der Waals surface area (Å²) >= 11 is 0. The average molecular weight is 863 g/mol. The minimum atomic E-state index is -1.54. The van der Waals surface area contributed by atoms with Crippen molar-refractivity contribution in [3.63, 3.8) is 0 Å². The number of amides is 3. The molecule has 3 saturated heterocycles. The molecule has 348 valence electrons. The summed E-state index contributed by atoms with van der Waals surface area (Å²) in [5.74, 6) is -2.15. The third kappa shape index (κ3) is 13.9. The highest BCUT2D eigenvalue weighted by Crippen LogP contribution is 2.40. The molecule has 0 aliphatic carbocycles. The number of aliphatic hydroxyl groups excluding tert-OH is 1. The van der Waals surface area contributed by atoms with Gasteiger partial charge in [-0.05, 0) is 79.0 Å². The summed E-state index contributed by atoms with van der Waals surface area (Å²) in [6.45, 7) is 16.0. The molecule has 1 aromatic rings. The smallest absolute Gasteiger partial charge is 0.225 e. The van der Waals surface area contributed by atoms with Crippen LogP contribution < -0.4 is 10.6 Å². The number of ether oxygens (including phenoxy) is 6. The molecule has 3 aliphatic heterocycles. The van der Waals surface area contributed by atoms with E-state index in [0.29, 0.717) is 45.4 Å². The Labute approximate surface area is 364 Å². The molecular weight excluding hydrogens is 785 g/mol. The van der Waals surface area contributed by atoms with Crippen LogP contribution in [0.5, 0.6) is 0 Å². The molecule has 4 rings (SSSR count). The van der Waals surface area contributed by atoms with E-state index in [0.717, 1.165) is 5.56 Å². The molecular formula is C46H78N4O11. The van der Waals surface area contributed by atoms with Crippen molar-refractivity contribution >= 4 is 17.7 Å². The van der Waals surface area contributed by atoms with E-state index in [9.17, 15) is 24.6 Å². The van der Waals surface area contributed by atoms with Crippen molar-refractivity contribution < 1.29 is 53.0 Å². The zero-order valence-corrected chi connectivity index (χ0v) is 38.9. The van der Waals surface area contributed by atoms with Gasteiger partial charge < -0.3 is 59.1 Å². The quantitative estimate of drug-likeness (QED) is 0.200. The van der Waals surface area contributed by atoms with Gasteiger partial charge in [-0.15, -0.1) is 0 Å². The highest BCUT2D eigenvalue weighted by molar-refractivity contribution is 5.81. The highest BCUT2D eigenvalue weighted by Gasteiger charge is 2.51. The van der Waals surface area contributed by atoms with Crippen LogP contribution in [0.4, 0.5) is 0 Å². The van der Waals surface area contributed by atoms with E-state index in [1.807, 2.05) is 72.1 Å². The number of carbonyl (C=O) groups excluding carboxylic acids is 3. The first-order valence-electron chi connectivity index (χ1n) is 22.4. The van der Waals surface area contributed by atoms with Crippen molar-refractivity contribution in [1.82, 2.24) is 20.4 Å². The molecule has 15 nitrogen and oxygen atoms in total. The summed E-state index contributed by atoms with van der Waals surface area (Å²) in [6.07, 6.45) is -3.50. The summed E-state index contributed by atoms with van der Waals surface area (Å²) in [6, 6.07) is 9.15. The van der Waals surface area contributed by atoms with Crippen molar-refractivity contribution in [2.45, 2.75) is 173 Å². The number of nitrogens with zero attached hydrogens (tertiary/aromatic N) is 2. The van der Waals surface area contributed by atoms with Gasteiger partial charge in [0, 0.05) is 71.1 Å². The van der Waals surface area contributed by atoms with Crippen LogP contribution >= 0.6 is 0 Å². The molecule has 1 unspecified atom stereocenters. The lowest BCUT2D eigenvalue weighted by Gasteiger charge is -2.49. The predicted octanol–water partition coefficient (Wildman–Crippen LogP) is 3.66. The number of hydrogen-bond donors (Lipinski definition) is 4. The van der Waals surface area contributed by atoms with E-state index in [1.165, 1.54) is 7.11 Å². The van der Waals surface area contributed by atoms with Gasteiger partial charge in [0.25, 0.3) is 0 Å². The Morgan fingerprint density at radius 2 is 1.72 bits per heavy atom. The van der Waals surface area contributed by atoms with Gasteiger partial charge in [0.05, 0.1) is 41.5 Å². The molecule has 61 heavy (non-hydrogen) atoms. The van der Waals surface area contributed by atoms with E-state index >= 15 is 0 Å². The Morgan fingerprint density at radius 1 is 1.03 bits per heavy atom. The van der Waals surface area contributed by atoms with Crippen LogP contribution in [0, 0.1) is 17.8 Å². The lowest BCUT2D eigenvalue weighted by atomic mass is 9.77. The normalized spacial score (nSPS) is 38.5. The van der Waals surface area contributed by atoms with Crippen LogP contribution in [0.3, 0.4) is 0 Å². The molecule has 3 aliphatic rings. The third-order valence-corrected chi connectivity index (χ3v) is 13.0. The zero-order chi connectivity index (χ0) is 45.2. The van der Waals surface area contributed by atoms with E-state index in [4.69, 9.17) is 28.4 Å². The summed E-state index contributed by atoms with van der Waals surface area (Å²) in [5.41, 5.74) is -1.55. The monoisotopic (exact) mass is 863 g/mol. The van der Waals surface area contributed by atoms with Crippen LogP contribution in [0.1, 0.15) is 99.5 Å². The first kappa shape index (κ1) is 50.9. The van der Waals surface area contributed by atoms with Crippen LogP contribution in [-0.4, -0.2) is 158 Å². The number of nitrogens with one attached hydrogen (secondary N) is 2. The summed E-state index contributed by atoms with van der Waals surface area (Å²) in [4.78, 5) is 44.1. The number of aliphatic hydroxyl groups is 2. The number of hydrogen-bond acceptors (Lipinski definition) is 12. The van der Waals surface area contributed by atoms with E-state index in [2.05, 4.69) is 15.5 Å². The maximum Gasteiger partial charge on any atom is 0.225 e. The van der Waals surface area contributed by atoms with Gasteiger partial charge in [0.2, 0.25) is 17.7 Å². The average Bonchev–Trinajstić information content (AvgIpc) is 3.20. The van der Waals surface area contributed by atoms with E-state index < -0.39 is 72.2 Å². The van der Waals surface area contributed by atoms with Crippen molar-refractivity contribution in [1.29, 1.82) is 0 Å². The summed E-state index contributed by atoms with van der Waals surface area (Å²) in [5, 5.41) is 30.0. The first-order valence-corrected chi connectivity index (χ1v) is 22.4. The highest BCUT2D eigenvalue weighted by atomic mass is 16.7. The van der Waals surface area contributed by atoms with Crippen molar-refractivity contribution in [3.8, 4) is 0 Å². The molecule has 3 fully saturated rings. The van der Waals surface area contributed by atoms with Crippen LogP contribution in [-0.2, 0) is 49.2 Å². The van der Waals surface area contributed by atoms with Gasteiger partial charge in [-0.2, -0.15) is 0 Å². The number of carbonyl (C=O) groups is 3. The number of methoxy groups -OCH3 is 1. The SMILES string of the molecule is CCC(=O)NCCCO[C@H]1[C@H](O[C@@H]2[C@@H](C)[C@H](O[C@H]3C[C@@](C)(OC)[C@@H](O)[C@H](C)O3)C(C)C(=O)N[C@@H](Cc3ccccc3)CC(=O)N(C)C[C@H](C)C[C@@]2(C)O)O[C@H](C)C[C@@H]1N(C)C. The number of benzene rings is 1. The minimum Gasteiger partial charge on any atom is -0.387 e. The fourth-order valence-electron chi connectivity index (χ4n) is 9.46.